The Morgan fingerprint density at radius 2 is 1.95 bits per heavy atom. The summed E-state index contributed by atoms with van der Waals surface area (Å²) in [5.74, 6) is -0.568. The number of nitrogen functional groups attached to an aromatic ring is 1. The van der Waals surface area contributed by atoms with Crippen molar-refractivity contribution in [3.05, 3.63) is 64.0 Å². The number of rotatable bonds is 4. The summed E-state index contributed by atoms with van der Waals surface area (Å²) in [7, 11) is -1.58. The summed E-state index contributed by atoms with van der Waals surface area (Å²) in [6.07, 6.45) is 0. The molecule has 2 aromatic carbocycles. The smallest absolute Gasteiger partial charge is 0.273 e. The summed E-state index contributed by atoms with van der Waals surface area (Å²) >= 11 is 0. The van der Waals surface area contributed by atoms with E-state index in [-0.39, 0.29) is 22.0 Å². The van der Waals surface area contributed by atoms with E-state index < -0.39 is 21.5 Å². The normalized spacial score (nSPS) is 12.1. The van der Waals surface area contributed by atoms with Crippen molar-refractivity contribution >= 4 is 22.2 Å². The van der Waals surface area contributed by atoms with Gasteiger partial charge in [0.15, 0.2) is 0 Å². The first kappa shape index (κ1) is 14.1. The fourth-order valence-corrected chi connectivity index (χ4v) is 2.98. The lowest BCUT2D eigenvalue weighted by molar-refractivity contribution is -0.385. The molecule has 0 saturated heterocycles. The van der Waals surface area contributed by atoms with Gasteiger partial charge in [0.05, 0.1) is 32.1 Å². The maximum absolute atomic E-state index is 12.9. The summed E-state index contributed by atoms with van der Waals surface area (Å²) in [5, 5.41) is 10.9. The SMILES string of the molecule is Nc1cc(F)ccc1S(=O)Cc1ccccc1[N+](=O)[O-]. The molecule has 0 aliphatic carbocycles. The molecule has 2 rings (SSSR count). The van der Waals surface area contributed by atoms with Crippen molar-refractivity contribution in [2.45, 2.75) is 10.6 Å². The van der Waals surface area contributed by atoms with Crippen molar-refractivity contribution in [3.8, 4) is 0 Å². The first-order chi connectivity index (χ1) is 9.49. The Kier molecular flexibility index (Phi) is 4.09. The molecule has 0 aromatic heterocycles. The molecule has 7 heteroatoms. The van der Waals surface area contributed by atoms with Crippen LogP contribution in [0.3, 0.4) is 0 Å². The molecule has 0 bridgehead atoms. The quantitative estimate of drug-likeness (QED) is 0.533. The molecule has 2 aromatic rings. The zero-order valence-corrected chi connectivity index (χ0v) is 11.1. The Morgan fingerprint density at radius 1 is 1.25 bits per heavy atom. The Hall–Kier alpha value is -2.28. The molecule has 104 valence electrons. The minimum Gasteiger partial charge on any atom is -0.398 e. The minimum atomic E-state index is -1.58. The van der Waals surface area contributed by atoms with Gasteiger partial charge in [-0.2, -0.15) is 0 Å². The number of nitrogens with zero attached hydrogens (tertiary/aromatic N) is 1. The largest absolute Gasteiger partial charge is 0.398 e. The molecule has 0 heterocycles. The molecule has 1 atom stereocenters. The number of benzene rings is 2. The third-order valence-electron chi connectivity index (χ3n) is 2.69. The molecule has 0 saturated carbocycles. The van der Waals surface area contributed by atoms with E-state index in [0.717, 1.165) is 12.1 Å². The highest BCUT2D eigenvalue weighted by Gasteiger charge is 2.17. The lowest BCUT2D eigenvalue weighted by atomic mass is 10.2. The van der Waals surface area contributed by atoms with Crippen LogP contribution in [0, 0.1) is 15.9 Å². The molecule has 0 radical (unpaired) electrons. The molecular weight excluding hydrogens is 283 g/mol. The van der Waals surface area contributed by atoms with Gasteiger partial charge in [0, 0.05) is 11.6 Å². The number of nitro groups is 1. The summed E-state index contributed by atoms with van der Waals surface area (Å²) in [6.45, 7) is 0. The van der Waals surface area contributed by atoms with E-state index >= 15 is 0 Å². The number of para-hydroxylation sites is 1. The van der Waals surface area contributed by atoms with Crippen LogP contribution in [0.1, 0.15) is 5.56 Å². The predicted molar refractivity (Wildman–Crippen MR) is 74.0 cm³/mol. The molecule has 0 amide bonds. The summed E-state index contributed by atoms with van der Waals surface area (Å²) < 4.78 is 25.1. The second kappa shape index (κ2) is 5.79. The predicted octanol–water partition coefficient (Wildman–Crippen LogP) is 2.62. The van der Waals surface area contributed by atoms with Crippen LogP contribution in [0.2, 0.25) is 0 Å². The van der Waals surface area contributed by atoms with E-state index in [0.29, 0.717) is 5.56 Å². The van der Waals surface area contributed by atoms with Gasteiger partial charge in [-0.05, 0) is 18.2 Å². The molecular formula is C13H11FN2O3S. The molecule has 5 nitrogen and oxygen atoms in total. The number of nitro benzene ring substituents is 1. The summed E-state index contributed by atoms with van der Waals surface area (Å²) in [4.78, 5) is 10.6. The zero-order valence-electron chi connectivity index (χ0n) is 10.3. The maximum atomic E-state index is 12.9. The van der Waals surface area contributed by atoms with E-state index in [9.17, 15) is 18.7 Å². The van der Waals surface area contributed by atoms with Gasteiger partial charge in [0.1, 0.15) is 5.82 Å². The fraction of sp³-hybridized carbons (Fsp3) is 0.0769. The molecule has 0 fully saturated rings. The Labute approximate surface area is 116 Å². The van der Waals surface area contributed by atoms with E-state index in [1.807, 2.05) is 0 Å². The Bertz CT molecular complexity index is 691. The maximum Gasteiger partial charge on any atom is 0.273 e. The lowest BCUT2D eigenvalue weighted by Crippen LogP contribution is -2.03. The third kappa shape index (κ3) is 3.00. The van der Waals surface area contributed by atoms with Crippen LogP contribution in [-0.2, 0) is 16.6 Å². The van der Waals surface area contributed by atoms with E-state index in [4.69, 9.17) is 5.73 Å². The van der Waals surface area contributed by atoms with Crippen molar-refractivity contribution in [1.29, 1.82) is 0 Å². The molecule has 0 aliphatic heterocycles. The number of halogens is 1. The summed E-state index contributed by atoms with van der Waals surface area (Å²) in [5.41, 5.74) is 5.93. The highest BCUT2D eigenvalue weighted by atomic mass is 32.2. The first-order valence-corrected chi connectivity index (χ1v) is 6.96. The zero-order chi connectivity index (χ0) is 14.7. The Balaban J connectivity index is 2.30. The van der Waals surface area contributed by atoms with Gasteiger partial charge in [-0.3, -0.25) is 14.3 Å². The van der Waals surface area contributed by atoms with Crippen LogP contribution >= 0.6 is 0 Å². The van der Waals surface area contributed by atoms with E-state index in [1.54, 1.807) is 6.07 Å². The molecule has 0 spiro atoms. The number of hydrogen-bond acceptors (Lipinski definition) is 4. The fourth-order valence-electron chi connectivity index (χ4n) is 1.76. The highest BCUT2D eigenvalue weighted by molar-refractivity contribution is 7.84. The minimum absolute atomic E-state index is 0.0486. The molecule has 1 unspecified atom stereocenters. The van der Waals surface area contributed by atoms with Gasteiger partial charge in [-0.15, -0.1) is 0 Å². The van der Waals surface area contributed by atoms with E-state index in [1.165, 1.54) is 24.3 Å². The van der Waals surface area contributed by atoms with Gasteiger partial charge >= 0.3 is 0 Å². The van der Waals surface area contributed by atoms with Crippen molar-refractivity contribution in [2.24, 2.45) is 0 Å². The van der Waals surface area contributed by atoms with Gasteiger partial charge in [-0.1, -0.05) is 18.2 Å². The second-order valence-corrected chi connectivity index (χ2v) is 5.48. The third-order valence-corrected chi connectivity index (χ3v) is 4.13. The van der Waals surface area contributed by atoms with Crippen LogP contribution in [0.4, 0.5) is 15.8 Å². The number of nitrogens with two attached hydrogens (primary N) is 1. The van der Waals surface area contributed by atoms with Crippen LogP contribution in [0.25, 0.3) is 0 Å². The lowest BCUT2D eigenvalue weighted by Gasteiger charge is -2.06. The molecule has 20 heavy (non-hydrogen) atoms. The summed E-state index contributed by atoms with van der Waals surface area (Å²) in [6, 6.07) is 9.62. The topological polar surface area (TPSA) is 86.2 Å². The van der Waals surface area contributed by atoms with Gasteiger partial charge < -0.3 is 5.73 Å². The van der Waals surface area contributed by atoms with Gasteiger partial charge in [0.25, 0.3) is 5.69 Å². The Morgan fingerprint density at radius 3 is 2.60 bits per heavy atom. The average molecular weight is 294 g/mol. The average Bonchev–Trinajstić information content (AvgIpc) is 2.38. The van der Waals surface area contributed by atoms with Crippen LogP contribution < -0.4 is 5.73 Å². The number of hydrogen-bond donors (Lipinski definition) is 1. The monoisotopic (exact) mass is 294 g/mol. The first-order valence-electron chi connectivity index (χ1n) is 5.64. The highest BCUT2D eigenvalue weighted by Crippen LogP contribution is 2.24. The number of anilines is 1. The van der Waals surface area contributed by atoms with Crippen LogP contribution in [0.5, 0.6) is 0 Å². The van der Waals surface area contributed by atoms with Crippen molar-refractivity contribution in [1.82, 2.24) is 0 Å². The standard InChI is InChI=1S/C13H11FN2O3S/c14-10-5-6-13(11(15)7-10)20(19)8-9-3-1-2-4-12(9)16(17)18/h1-7H,8,15H2. The van der Waals surface area contributed by atoms with Crippen LogP contribution in [0.15, 0.2) is 47.4 Å². The molecule has 0 aliphatic rings. The second-order valence-electron chi connectivity index (χ2n) is 4.06. The van der Waals surface area contributed by atoms with Gasteiger partial charge in [0.2, 0.25) is 0 Å². The van der Waals surface area contributed by atoms with Gasteiger partial charge in [-0.25, -0.2) is 4.39 Å². The van der Waals surface area contributed by atoms with Crippen molar-refractivity contribution in [3.63, 3.8) is 0 Å². The van der Waals surface area contributed by atoms with Crippen LogP contribution in [-0.4, -0.2) is 9.13 Å². The van der Waals surface area contributed by atoms with Crippen molar-refractivity contribution < 1.29 is 13.5 Å². The van der Waals surface area contributed by atoms with Crippen molar-refractivity contribution in [2.75, 3.05) is 5.73 Å². The van der Waals surface area contributed by atoms with E-state index in [2.05, 4.69) is 0 Å². The molecule has 2 N–H and O–H groups in total.